The molecule has 6 nitrogen and oxygen atoms in total. The highest BCUT2D eigenvalue weighted by atomic mass is 16.1. The van der Waals surface area contributed by atoms with Crippen molar-refractivity contribution in [2.75, 3.05) is 18.0 Å². The lowest BCUT2D eigenvalue weighted by atomic mass is 10.0. The van der Waals surface area contributed by atoms with Crippen molar-refractivity contribution in [3.63, 3.8) is 0 Å². The molecule has 6 heteroatoms. The molecule has 0 unspecified atom stereocenters. The maximum Gasteiger partial charge on any atom is 0.252 e. The number of benzene rings is 1. The van der Waals surface area contributed by atoms with Gasteiger partial charge in [-0.2, -0.15) is 0 Å². The number of nitrogens with one attached hydrogen (secondary N) is 2. The number of aromatic nitrogens is 2. The number of hydrogen-bond donors (Lipinski definition) is 2. The number of rotatable bonds is 5. The summed E-state index contributed by atoms with van der Waals surface area (Å²) >= 11 is 0. The molecule has 0 bridgehead atoms. The Morgan fingerprint density at radius 2 is 2.00 bits per heavy atom. The Balaban J connectivity index is 1.46. The van der Waals surface area contributed by atoms with E-state index in [1.165, 1.54) is 11.6 Å². The molecule has 1 fully saturated rings. The largest absolute Gasteiger partial charge is 0.353 e. The topological polar surface area (TPSA) is 78.1 Å². The van der Waals surface area contributed by atoms with Crippen LogP contribution in [-0.2, 0) is 11.2 Å². The van der Waals surface area contributed by atoms with E-state index >= 15 is 0 Å². The van der Waals surface area contributed by atoms with E-state index in [0.717, 1.165) is 38.0 Å². The van der Waals surface area contributed by atoms with Crippen LogP contribution in [0.25, 0.3) is 0 Å². The molecular formula is C19H24N4O2. The minimum atomic E-state index is -0.126. The summed E-state index contributed by atoms with van der Waals surface area (Å²) in [5, 5.41) is 3.13. The average Bonchev–Trinajstić information content (AvgIpc) is 2.61. The number of hydrogen-bond acceptors (Lipinski definition) is 4. The first-order chi connectivity index (χ1) is 12.1. The molecule has 2 N–H and O–H groups in total. The number of piperidine rings is 1. The van der Waals surface area contributed by atoms with Crippen molar-refractivity contribution in [3.8, 4) is 0 Å². The summed E-state index contributed by atoms with van der Waals surface area (Å²) < 4.78 is 0. The van der Waals surface area contributed by atoms with Crippen molar-refractivity contribution >= 4 is 11.9 Å². The summed E-state index contributed by atoms with van der Waals surface area (Å²) in [6.07, 6.45) is 2.99. The first kappa shape index (κ1) is 17.2. The quantitative estimate of drug-likeness (QED) is 0.870. The molecular weight excluding hydrogens is 316 g/mol. The van der Waals surface area contributed by atoms with Gasteiger partial charge in [-0.15, -0.1) is 0 Å². The van der Waals surface area contributed by atoms with E-state index in [2.05, 4.69) is 20.2 Å². The minimum Gasteiger partial charge on any atom is -0.353 e. The van der Waals surface area contributed by atoms with Gasteiger partial charge in [0.25, 0.3) is 5.56 Å². The summed E-state index contributed by atoms with van der Waals surface area (Å²) in [6.45, 7) is 3.37. The average molecular weight is 340 g/mol. The SMILES string of the molecule is Cc1cc(=O)[nH]c(N2CCC(NC(=O)CCc3ccccc3)CC2)n1. The van der Waals surface area contributed by atoms with Crippen molar-refractivity contribution in [1.29, 1.82) is 0 Å². The number of H-pyrrole nitrogens is 1. The second-order valence-electron chi connectivity index (χ2n) is 6.52. The van der Waals surface area contributed by atoms with Gasteiger partial charge in [-0.25, -0.2) is 4.98 Å². The first-order valence-electron chi connectivity index (χ1n) is 8.76. The van der Waals surface area contributed by atoms with Crippen molar-refractivity contribution in [3.05, 3.63) is 58.0 Å². The van der Waals surface area contributed by atoms with Gasteiger partial charge >= 0.3 is 0 Å². The smallest absolute Gasteiger partial charge is 0.252 e. The lowest BCUT2D eigenvalue weighted by Crippen LogP contribution is -2.45. The molecule has 1 amide bonds. The second-order valence-corrected chi connectivity index (χ2v) is 6.52. The molecule has 0 radical (unpaired) electrons. The molecule has 1 aliphatic rings. The fraction of sp³-hybridized carbons (Fsp3) is 0.421. The Labute approximate surface area is 147 Å². The van der Waals surface area contributed by atoms with E-state index in [1.54, 1.807) is 0 Å². The maximum absolute atomic E-state index is 12.1. The Kier molecular flexibility index (Phi) is 5.48. The normalized spacial score (nSPS) is 15.2. The van der Waals surface area contributed by atoms with Crippen LogP contribution in [-0.4, -0.2) is 35.0 Å². The summed E-state index contributed by atoms with van der Waals surface area (Å²) in [6, 6.07) is 11.7. The van der Waals surface area contributed by atoms with Crippen molar-refractivity contribution in [1.82, 2.24) is 15.3 Å². The molecule has 0 atom stereocenters. The van der Waals surface area contributed by atoms with E-state index in [-0.39, 0.29) is 17.5 Å². The monoisotopic (exact) mass is 340 g/mol. The van der Waals surface area contributed by atoms with Crippen LogP contribution in [0.4, 0.5) is 5.95 Å². The molecule has 132 valence electrons. The van der Waals surface area contributed by atoms with Crippen LogP contribution < -0.4 is 15.8 Å². The summed E-state index contributed by atoms with van der Waals surface area (Å²) in [5.41, 5.74) is 1.77. The molecule has 2 aromatic rings. The van der Waals surface area contributed by atoms with E-state index in [1.807, 2.05) is 37.3 Å². The van der Waals surface area contributed by atoms with Crippen LogP contribution in [0.5, 0.6) is 0 Å². The van der Waals surface area contributed by atoms with Gasteiger partial charge in [-0.1, -0.05) is 30.3 Å². The number of carbonyl (C=O) groups excluding carboxylic acids is 1. The summed E-state index contributed by atoms with van der Waals surface area (Å²) in [7, 11) is 0. The highest BCUT2D eigenvalue weighted by molar-refractivity contribution is 5.76. The van der Waals surface area contributed by atoms with Crippen molar-refractivity contribution < 1.29 is 4.79 Å². The van der Waals surface area contributed by atoms with E-state index in [9.17, 15) is 9.59 Å². The fourth-order valence-electron chi connectivity index (χ4n) is 3.15. The highest BCUT2D eigenvalue weighted by Crippen LogP contribution is 2.15. The van der Waals surface area contributed by atoms with E-state index in [0.29, 0.717) is 12.4 Å². The first-order valence-corrected chi connectivity index (χ1v) is 8.76. The Morgan fingerprint density at radius 3 is 2.68 bits per heavy atom. The Morgan fingerprint density at radius 1 is 1.28 bits per heavy atom. The van der Waals surface area contributed by atoms with Gasteiger partial charge in [0.15, 0.2) is 0 Å². The Bertz CT molecular complexity index is 764. The number of carbonyl (C=O) groups is 1. The number of aryl methyl sites for hydroxylation is 2. The van der Waals surface area contributed by atoms with Gasteiger partial charge in [0, 0.05) is 37.3 Å². The third-order valence-corrected chi connectivity index (χ3v) is 4.50. The van der Waals surface area contributed by atoms with Crippen molar-refractivity contribution in [2.24, 2.45) is 0 Å². The lowest BCUT2D eigenvalue weighted by Gasteiger charge is -2.32. The van der Waals surface area contributed by atoms with Gasteiger partial charge in [0.1, 0.15) is 0 Å². The second kappa shape index (κ2) is 7.96. The van der Waals surface area contributed by atoms with Crippen LogP contribution in [0, 0.1) is 6.92 Å². The zero-order valence-electron chi connectivity index (χ0n) is 14.5. The van der Waals surface area contributed by atoms with Gasteiger partial charge in [0.05, 0.1) is 0 Å². The molecule has 1 saturated heterocycles. The summed E-state index contributed by atoms with van der Waals surface area (Å²) in [5.74, 6) is 0.725. The molecule has 1 aromatic heterocycles. The number of amides is 1. The molecule has 1 aromatic carbocycles. The van der Waals surface area contributed by atoms with Gasteiger partial charge in [0.2, 0.25) is 11.9 Å². The van der Waals surface area contributed by atoms with Gasteiger partial charge in [-0.3, -0.25) is 14.6 Å². The van der Waals surface area contributed by atoms with Crippen LogP contribution >= 0.6 is 0 Å². The zero-order chi connectivity index (χ0) is 17.6. The predicted octanol–water partition coefficient (Wildman–Crippen LogP) is 1.80. The standard InChI is InChI=1S/C19H24N4O2/c1-14-13-18(25)22-19(20-14)23-11-9-16(10-12-23)21-17(24)8-7-15-5-3-2-4-6-15/h2-6,13,16H,7-12H2,1H3,(H,21,24)(H,20,22,25). The molecule has 25 heavy (non-hydrogen) atoms. The number of aromatic amines is 1. The lowest BCUT2D eigenvalue weighted by molar-refractivity contribution is -0.121. The van der Waals surface area contributed by atoms with E-state index in [4.69, 9.17) is 0 Å². The third-order valence-electron chi connectivity index (χ3n) is 4.50. The molecule has 0 spiro atoms. The van der Waals surface area contributed by atoms with Crippen LogP contribution in [0.1, 0.15) is 30.5 Å². The predicted molar refractivity (Wildman–Crippen MR) is 97.7 cm³/mol. The Hall–Kier alpha value is -2.63. The number of nitrogens with zero attached hydrogens (tertiary/aromatic N) is 2. The third kappa shape index (κ3) is 4.92. The van der Waals surface area contributed by atoms with Gasteiger partial charge < -0.3 is 10.2 Å². The van der Waals surface area contributed by atoms with Crippen LogP contribution in [0.3, 0.4) is 0 Å². The molecule has 2 heterocycles. The molecule has 0 aliphatic carbocycles. The van der Waals surface area contributed by atoms with Crippen molar-refractivity contribution in [2.45, 2.75) is 38.6 Å². The highest BCUT2D eigenvalue weighted by Gasteiger charge is 2.22. The van der Waals surface area contributed by atoms with E-state index < -0.39 is 0 Å². The molecule has 0 saturated carbocycles. The summed E-state index contributed by atoms with van der Waals surface area (Å²) in [4.78, 5) is 33.0. The molecule has 3 rings (SSSR count). The van der Waals surface area contributed by atoms with Gasteiger partial charge in [-0.05, 0) is 31.7 Å². The molecule has 1 aliphatic heterocycles. The zero-order valence-corrected chi connectivity index (χ0v) is 14.5. The van der Waals surface area contributed by atoms with Crippen LogP contribution in [0.2, 0.25) is 0 Å². The minimum absolute atomic E-state index is 0.101. The van der Waals surface area contributed by atoms with Crippen LogP contribution in [0.15, 0.2) is 41.2 Å². The number of anilines is 1. The fourth-order valence-corrected chi connectivity index (χ4v) is 3.15. The maximum atomic E-state index is 12.1.